The smallest absolute Gasteiger partial charge is 0.271 e. The van der Waals surface area contributed by atoms with Crippen molar-refractivity contribution >= 4 is 59.7 Å². The van der Waals surface area contributed by atoms with Crippen LogP contribution in [0.15, 0.2) is 79.6 Å². The summed E-state index contributed by atoms with van der Waals surface area (Å²) in [7, 11) is -2.39. The molecule has 0 saturated carbocycles. The molecule has 0 atom stereocenters. The molecule has 0 saturated heterocycles. The molecule has 0 aromatic heterocycles. The molecule has 0 spiro atoms. The summed E-state index contributed by atoms with van der Waals surface area (Å²) in [5, 5.41) is 13.6. The first kappa shape index (κ1) is 23.8. The Morgan fingerprint density at radius 1 is 1.06 bits per heavy atom. The third-order valence-electron chi connectivity index (χ3n) is 4.17. The molecular formula is C21H17Br2N3O5S. The van der Waals surface area contributed by atoms with Gasteiger partial charge in [-0.15, -0.1) is 0 Å². The lowest BCUT2D eigenvalue weighted by Gasteiger charge is -2.10. The van der Waals surface area contributed by atoms with Crippen LogP contribution < -0.4 is 14.9 Å². The Labute approximate surface area is 201 Å². The van der Waals surface area contributed by atoms with Crippen molar-refractivity contribution in [3.8, 4) is 11.5 Å². The van der Waals surface area contributed by atoms with Crippen molar-refractivity contribution in [1.29, 1.82) is 0 Å². The molecule has 32 heavy (non-hydrogen) atoms. The van der Waals surface area contributed by atoms with Crippen LogP contribution in [0.5, 0.6) is 11.5 Å². The highest BCUT2D eigenvalue weighted by atomic mass is 79.9. The van der Waals surface area contributed by atoms with Crippen molar-refractivity contribution in [2.24, 2.45) is 5.10 Å². The number of hydrogen-bond acceptors (Lipinski definition) is 6. The average molecular weight is 583 g/mol. The van der Waals surface area contributed by atoms with E-state index in [0.717, 1.165) is 0 Å². The number of hydrazone groups is 1. The van der Waals surface area contributed by atoms with Gasteiger partial charge >= 0.3 is 0 Å². The highest BCUT2D eigenvalue weighted by Crippen LogP contribution is 2.32. The van der Waals surface area contributed by atoms with Crippen molar-refractivity contribution in [2.75, 3.05) is 11.8 Å². The molecule has 3 rings (SSSR count). The van der Waals surface area contributed by atoms with E-state index >= 15 is 0 Å². The summed E-state index contributed by atoms with van der Waals surface area (Å²) in [5.41, 5.74) is 3.44. The van der Waals surface area contributed by atoms with Crippen LogP contribution in [-0.4, -0.2) is 32.8 Å². The standard InChI is InChI=1S/C21H17Br2N3O5S/c1-31-16-7-5-15(6-8-16)26-32(29,30)17-4-2-3-14(11-17)21(28)25-24-12-13-9-18(22)20(27)19(23)10-13/h2-12,26-27H,1H3,(H,25,28)/b24-12-. The van der Waals surface area contributed by atoms with Crippen molar-refractivity contribution in [1.82, 2.24) is 5.43 Å². The number of halogens is 2. The van der Waals surface area contributed by atoms with Crippen LogP contribution in [-0.2, 0) is 10.0 Å². The van der Waals surface area contributed by atoms with Crippen LogP contribution in [0.3, 0.4) is 0 Å². The molecule has 0 bridgehead atoms. The summed E-state index contributed by atoms with van der Waals surface area (Å²) >= 11 is 6.43. The van der Waals surface area contributed by atoms with Gasteiger partial charge in [-0.25, -0.2) is 13.8 Å². The highest BCUT2D eigenvalue weighted by molar-refractivity contribution is 9.11. The maximum atomic E-state index is 12.7. The van der Waals surface area contributed by atoms with E-state index in [1.54, 1.807) is 36.4 Å². The zero-order valence-electron chi connectivity index (χ0n) is 16.5. The second-order valence-electron chi connectivity index (χ2n) is 6.39. The zero-order valence-corrected chi connectivity index (χ0v) is 20.5. The summed E-state index contributed by atoms with van der Waals surface area (Å²) in [6.07, 6.45) is 1.39. The minimum absolute atomic E-state index is 0.0486. The highest BCUT2D eigenvalue weighted by Gasteiger charge is 2.16. The van der Waals surface area contributed by atoms with E-state index < -0.39 is 15.9 Å². The lowest BCUT2D eigenvalue weighted by Crippen LogP contribution is -2.19. The van der Waals surface area contributed by atoms with E-state index in [4.69, 9.17) is 4.74 Å². The number of amides is 1. The van der Waals surface area contributed by atoms with Gasteiger partial charge < -0.3 is 9.84 Å². The number of methoxy groups -OCH3 is 1. The number of anilines is 1. The number of phenols is 1. The predicted octanol–water partition coefficient (Wildman–Crippen LogP) is 4.49. The molecule has 3 aromatic rings. The minimum Gasteiger partial charge on any atom is -0.506 e. The Morgan fingerprint density at radius 3 is 2.34 bits per heavy atom. The molecular weight excluding hydrogens is 566 g/mol. The molecule has 8 nitrogen and oxygen atoms in total. The van der Waals surface area contributed by atoms with Crippen molar-refractivity contribution < 1.29 is 23.1 Å². The molecule has 0 aliphatic rings. The molecule has 0 aliphatic carbocycles. The van der Waals surface area contributed by atoms with Crippen LogP contribution in [0.4, 0.5) is 5.69 Å². The van der Waals surface area contributed by atoms with Crippen molar-refractivity contribution in [3.63, 3.8) is 0 Å². The second-order valence-corrected chi connectivity index (χ2v) is 9.79. The number of nitrogens with zero attached hydrogens (tertiary/aromatic N) is 1. The monoisotopic (exact) mass is 581 g/mol. The zero-order chi connectivity index (χ0) is 23.3. The van der Waals surface area contributed by atoms with Gasteiger partial charge in [0.25, 0.3) is 15.9 Å². The third-order valence-corrected chi connectivity index (χ3v) is 6.76. The number of sulfonamides is 1. The van der Waals surface area contributed by atoms with Gasteiger partial charge in [-0.1, -0.05) is 6.07 Å². The Morgan fingerprint density at radius 2 is 1.72 bits per heavy atom. The molecule has 1 amide bonds. The van der Waals surface area contributed by atoms with E-state index in [1.165, 1.54) is 37.6 Å². The number of carbonyl (C=O) groups is 1. The van der Waals surface area contributed by atoms with Gasteiger partial charge in [0.15, 0.2) is 0 Å². The molecule has 3 aromatic carbocycles. The Bertz CT molecular complexity index is 1260. The van der Waals surface area contributed by atoms with E-state index in [0.29, 0.717) is 25.9 Å². The van der Waals surface area contributed by atoms with Gasteiger partial charge in [0.2, 0.25) is 0 Å². The number of benzene rings is 3. The van der Waals surface area contributed by atoms with Gasteiger partial charge in [0.05, 0.1) is 27.2 Å². The van der Waals surface area contributed by atoms with Crippen molar-refractivity contribution in [2.45, 2.75) is 4.90 Å². The molecule has 0 heterocycles. The SMILES string of the molecule is COc1ccc(NS(=O)(=O)c2cccc(C(=O)N/N=C\c3cc(Br)c(O)c(Br)c3)c2)cc1. The largest absolute Gasteiger partial charge is 0.506 e. The number of aromatic hydroxyl groups is 1. The van der Waals surface area contributed by atoms with Crippen LogP contribution in [0, 0.1) is 0 Å². The first-order valence-corrected chi connectivity index (χ1v) is 12.0. The average Bonchev–Trinajstić information content (AvgIpc) is 2.77. The molecule has 0 fully saturated rings. The minimum atomic E-state index is -3.91. The maximum Gasteiger partial charge on any atom is 0.271 e. The third kappa shape index (κ3) is 5.87. The first-order chi connectivity index (χ1) is 15.2. The first-order valence-electron chi connectivity index (χ1n) is 8.98. The molecule has 3 N–H and O–H groups in total. The number of hydrogen-bond donors (Lipinski definition) is 3. The van der Waals surface area contributed by atoms with Gasteiger partial charge in [-0.05, 0) is 92.0 Å². The van der Waals surface area contributed by atoms with Gasteiger partial charge in [-0.2, -0.15) is 5.10 Å². The number of nitrogens with one attached hydrogen (secondary N) is 2. The van der Waals surface area contributed by atoms with Crippen LogP contribution in [0.2, 0.25) is 0 Å². The summed E-state index contributed by atoms with van der Waals surface area (Å²) in [5.74, 6) is 0.0614. The normalized spacial score (nSPS) is 11.3. The fraction of sp³-hybridized carbons (Fsp3) is 0.0476. The Balaban J connectivity index is 1.72. The maximum absolute atomic E-state index is 12.7. The molecule has 11 heteroatoms. The van der Waals surface area contributed by atoms with Crippen LogP contribution in [0.1, 0.15) is 15.9 Å². The number of rotatable bonds is 7. The summed E-state index contributed by atoms with van der Waals surface area (Å²) < 4.78 is 33.8. The van der Waals surface area contributed by atoms with Crippen LogP contribution in [0.25, 0.3) is 0 Å². The van der Waals surface area contributed by atoms with E-state index in [-0.39, 0.29) is 16.2 Å². The Kier molecular flexibility index (Phi) is 7.54. The van der Waals surface area contributed by atoms with Gasteiger partial charge in [-0.3, -0.25) is 9.52 Å². The van der Waals surface area contributed by atoms with Gasteiger partial charge in [0, 0.05) is 11.3 Å². The lowest BCUT2D eigenvalue weighted by atomic mass is 10.2. The number of ether oxygens (including phenoxy) is 1. The summed E-state index contributed by atoms with van der Waals surface area (Å²) in [6.45, 7) is 0. The molecule has 0 aliphatic heterocycles. The van der Waals surface area contributed by atoms with E-state index in [2.05, 4.69) is 47.1 Å². The summed E-state index contributed by atoms with van der Waals surface area (Å²) in [4.78, 5) is 12.3. The number of phenolic OH excluding ortho intramolecular Hbond substituents is 1. The predicted molar refractivity (Wildman–Crippen MR) is 129 cm³/mol. The fourth-order valence-electron chi connectivity index (χ4n) is 2.57. The quantitative estimate of drug-likeness (QED) is 0.280. The molecule has 166 valence electrons. The summed E-state index contributed by atoms with van der Waals surface area (Å²) in [6, 6.07) is 15.2. The Hall–Kier alpha value is -2.89. The van der Waals surface area contributed by atoms with Gasteiger partial charge in [0.1, 0.15) is 11.5 Å². The lowest BCUT2D eigenvalue weighted by molar-refractivity contribution is 0.0955. The van der Waals surface area contributed by atoms with E-state index in [9.17, 15) is 18.3 Å². The second kappa shape index (κ2) is 10.2. The molecule has 0 radical (unpaired) electrons. The molecule has 0 unspecified atom stereocenters. The van der Waals surface area contributed by atoms with Crippen molar-refractivity contribution in [3.05, 3.63) is 80.7 Å². The van der Waals surface area contributed by atoms with Crippen LogP contribution >= 0.6 is 31.9 Å². The van der Waals surface area contributed by atoms with E-state index in [1.807, 2.05) is 0 Å². The topological polar surface area (TPSA) is 117 Å². The fourth-order valence-corrected chi connectivity index (χ4v) is 4.89. The number of carbonyl (C=O) groups excluding carboxylic acids is 1.